The summed E-state index contributed by atoms with van der Waals surface area (Å²) in [5.41, 5.74) is 0. The summed E-state index contributed by atoms with van der Waals surface area (Å²) in [5, 5.41) is 3.52. The zero-order valence-electron chi connectivity index (χ0n) is 9.46. The number of nitrogens with one attached hydrogen (secondary N) is 1. The van der Waals surface area contributed by atoms with Crippen molar-refractivity contribution in [2.75, 3.05) is 19.8 Å². The summed E-state index contributed by atoms with van der Waals surface area (Å²) >= 11 is 0. The lowest BCUT2D eigenvalue weighted by atomic mass is 10.0. The van der Waals surface area contributed by atoms with Crippen LogP contribution in [0.15, 0.2) is 12.2 Å². The van der Waals surface area contributed by atoms with E-state index in [1.807, 2.05) is 0 Å². The maximum atomic E-state index is 5.51. The number of hydrogen-bond acceptors (Lipinski definition) is 2. The topological polar surface area (TPSA) is 21.3 Å². The van der Waals surface area contributed by atoms with Gasteiger partial charge < -0.3 is 10.1 Å². The average Bonchev–Trinajstić information content (AvgIpc) is 2.18. The van der Waals surface area contributed by atoms with E-state index in [2.05, 4.69) is 31.3 Å². The Morgan fingerprint density at radius 2 is 2.29 bits per heavy atom. The van der Waals surface area contributed by atoms with E-state index in [1.165, 1.54) is 19.3 Å². The molecule has 1 atom stereocenters. The molecule has 1 aliphatic carbocycles. The molecule has 0 radical (unpaired) electrons. The first-order valence-electron chi connectivity index (χ1n) is 5.75. The first-order valence-corrected chi connectivity index (χ1v) is 5.75. The lowest BCUT2D eigenvalue weighted by molar-refractivity contribution is 0.110. The smallest absolute Gasteiger partial charge is 0.0591 e. The molecule has 0 aromatic rings. The largest absolute Gasteiger partial charge is 0.380 e. The molecule has 0 saturated heterocycles. The van der Waals surface area contributed by atoms with Crippen molar-refractivity contribution in [2.45, 2.75) is 39.2 Å². The molecule has 0 heterocycles. The molecule has 0 aromatic carbocycles. The predicted octanol–water partition coefficient (Wildman–Crippen LogP) is 2.36. The van der Waals surface area contributed by atoms with Gasteiger partial charge in [0.15, 0.2) is 0 Å². The highest BCUT2D eigenvalue weighted by atomic mass is 16.5. The fourth-order valence-electron chi connectivity index (χ4n) is 1.63. The quantitative estimate of drug-likeness (QED) is 0.521. The Kier molecular flexibility index (Phi) is 5.88. The van der Waals surface area contributed by atoms with Gasteiger partial charge in [-0.05, 0) is 25.2 Å². The molecule has 0 saturated carbocycles. The van der Waals surface area contributed by atoms with E-state index < -0.39 is 0 Å². The van der Waals surface area contributed by atoms with Crippen molar-refractivity contribution in [3.05, 3.63) is 12.2 Å². The standard InChI is InChI=1S/C12H23NO/c1-11(2)10-14-9-8-13-12-6-4-3-5-7-12/h3-4,11-13H,5-10H2,1-2H3. The molecule has 82 valence electrons. The van der Waals surface area contributed by atoms with Gasteiger partial charge in [0, 0.05) is 19.2 Å². The minimum atomic E-state index is 0.646. The summed E-state index contributed by atoms with van der Waals surface area (Å²) in [6.45, 7) is 7.08. The highest BCUT2D eigenvalue weighted by Gasteiger charge is 2.07. The second-order valence-electron chi connectivity index (χ2n) is 4.40. The zero-order chi connectivity index (χ0) is 10.2. The average molecular weight is 197 g/mol. The molecular formula is C12H23NO. The van der Waals surface area contributed by atoms with Crippen LogP contribution in [0.2, 0.25) is 0 Å². The summed E-state index contributed by atoms with van der Waals surface area (Å²) in [7, 11) is 0. The third-order valence-electron chi connectivity index (χ3n) is 2.40. The van der Waals surface area contributed by atoms with E-state index in [1.54, 1.807) is 0 Å². The van der Waals surface area contributed by atoms with Crippen LogP contribution in [0.25, 0.3) is 0 Å². The molecule has 0 aromatic heterocycles. The molecule has 1 unspecified atom stereocenters. The van der Waals surface area contributed by atoms with Gasteiger partial charge in [-0.2, -0.15) is 0 Å². The summed E-state index contributed by atoms with van der Waals surface area (Å²) in [6, 6.07) is 0.683. The van der Waals surface area contributed by atoms with Gasteiger partial charge in [0.1, 0.15) is 0 Å². The molecule has 0 spiro atoms. The van der Waals surface area contributed by atoms with Crippen LogP contribution in [-0.4, -0.2) is 25.8 Å². The van der Waals surface area contributed by atoms with Crippen LogP contribution in [0.1, 0.15) is 33.1 Å². The Morgan fingerprint density at radius 1 is 1.43 bits per heavy atom. The van der Waals surface area contributed by atoms with Crippen LogP contribution in [-0.2, 0) is 4.74 Å². The first-order chi connectivity index (χ1) is 6.79. The van der Waals surface area contributed by atoms with Gasteiger partial charge in [-0.15, -0.1) is 0 Å². The molecule has 2 heteroatoms. The van der Waals surface area contributed by atoms with E-state index in [-0.39, 0.29) is 0 Å². The van der Waals surface area contributed by atoms with Gasteiger partial charge in [-0.1, -0.05) is 26.0 Å². The van der Waals surface area contributed by atoms with Gasteiger partial charge in [0.25, 0.3) is 0 Å². The van der Waals surface area contributed by atoms with Crippen LogP contribution in [0.5, 0.6) is 0 Å². The van der Waals surface area contributed by atoms with Crippen molar-refractivity contribution in [2.24, 2.45) is 5.92 Å². The lowest BCUT2D eigenvalue weighted by Crippen LogP contribution is -2.32. The molecule has 0 amide bonds. The number of hydrogen-bond donors (Lipinski definition) is 1. The molecular weight excluding hydrogens is 174 g/mol. The molecule has 14 heavy (non-hydrogen) atoms. The third kappa shape index (κ3) is 5.40. The Balaban J connectivity index is 1.90. The lowest BCUT2D eigenvalue weighted by Gasteiger charge is -2.19. The zero-order valence-corrected chi connectivity index (χ0v) is 9.46. The van der Waals surface area contributed by atoms with Crippen LogP contribution >= 0.6 is 0 Å². The highest BCUT2D eigenvalue weighted by molar-refractivity contribution is 4.92. The van der Waals surface area contributed by atoms with Crippen LogP contribution < -0.4 is 5.32 Å². The van der Waals surface area contributed by atoms with E-state index in [0.29, 0.717) is 12.0 Å². The fourth-order valence-corrected chi connectivity index (χ4v) is 1.63. The van der Waals surface area contributed by atoms with E-state index in [0.717, 1.165) is 19.8 Å². The molecule has 0 aliphatic heterocycles. The van der Waals surface area contributed by atoms with E-state index in [4.69, 9.17) is 4.74 Å². The van der Waals surface area contributed by atoms with Crippen LogP contribution in [0.4, 0.5) is 0 Å². The monoisotopic (exact) mass is 197 g/mol. The number of rotatable bonds is 6. The number of ether oxygens (including phenoxy) is 1. The maximum absolute atomic E-state index is 5.51. The van der Waals surface area contributed by atoms with E-state index in [9.17, 15) is 0 Å². The van der Waals surface area contributed by atoms with Crippen molar-refractivity contribution in [3.63, 3.8) is 0 Å². The summed E-state index contributed by atoms with van der Waals surface area (Å²) < 4.78 is 5.51. The van der Waals surface area contributed by atoms with Crippen molar-refractivity contribution >= 4 is 0 Å². The highest BCUT2D eigenvalue weighted by Crippen LogP contribution is 2.09. The van der Waals surface area contributed by atoms with Gasteiger partial charge >= 0.3 is 0 Å². The predicted molar refractivity (Wildman–Crippen MR) is 60.4 cm³/mol. The molecule has 0 fully saturated rings. The van der Waals surface area contributed by atoms with Crippen molar-refractivity contribution in [1.29, 1.82) is 0 Å². The Labute approximate surface area is 87.7 Å². The van der Waals surface area contributed by atoms with Gasteiger partial charge in [0.05, 0.1) is 6.61 Å². The number of allylic oxidation sites excluding steroid dienone is 1. The maximum Gasteiger partial charge on any atom is 0.0591 e. The molecule has 1 aliphatic rings. The summed E-state index contributed by atoms with van der Waals surface area (Å²) in [4.78, 5) is 0. The second kappa shape index (κ2) is 7.02. The Bertz CT molecular complexity index is 166. The SMILES string of the molecule is CC(C)COCCNC1CC=CCC1. The van der Waals surface area contributed by atoms with Crippen molar-refractivity contribution < 1.29 is 4.74 Å². The second-order valence-corrected chi connectivity index (χ2v) is 4.40. The summed E-state index contributed by atoms with van der Waals surface area (Å²) in [5.74, 6) is 0.646. The van der Waals surface area contributed by atoms with Crippen molar-refractivity contribution in [1.82, 2.24) is 5.32 Å². The van der Waals surface area contributed by atoms with Crippen LogP contribution in [0, 0.1) is 5.92 Å². The molecule has 0 bridgehead atoms. The molecule has 1 N–H and O–H groups in total. The Hall–Kier alpha value is -0.340. The van der Waals surface area contributed by atoms with Crippen LogP contribution in [0.3, 0.4) is 0 Å². The van der Waals surface area contributed by atoms with Crippen molar-refractivity contribution in [3.8, 4) is 0 Å². The molecule has 1 rings (SSSR count). The normalized spacial score (nSPS) is 21.8. The Morgan fingerprint density at radius 3 is 2.93 bits per heavy atom. The third-order valence-corrected chi connectivity index (χ3v) is 2.40. The van der Waals surface area contributed by atoms with Gasteiger partial charge in [-0.3, -0.25) is 0 Å². The minimum absolute atomic E-state index is 0.646. The first kappa shape index (κ1) is 11.7. The van der Waals surface area contributed by atoms with Gasteiger partial charge in [-0.25, -0.2) is 0 Å². The molecule has 2 nitrogen and oxygen atoms in total. The summed E-state index contributed by atoms with van der Waals surface area (Å²) in [6.07, 6.45) is 8.24. The fraction of sp³-hybridized carbons (Fsp3) is 0.833. The van der Waals surface area contributed by atoms with E-state index >= 15 is 0 Å². The minimum Gasteiger partial charge on any atom is -0.380 e. The van der Waals surface area contributed by atoms with Gasteiger partial charge in [0.2, 0.25) is 0 Å².